The number of carbonyl (C=O) groups is 1. The van der Waals surface area contributed by atoms with Crippen LogP contribution in [0.25, 0.3) is 0 Å². The molecule has 0 saturated carbocycles. The maximum atomic E-state index is 12.9. The molecule has 0 aromatic rings. The lowest BCUT2D eigenvalue weighted by Gasteiger charge is -2.29. The maximum absolute atomic E-state index is 12.9. The highest BCUT2D eigenvalue weighted by Gasteiger charge is 2.23. The molecule has 0 aliphatic heterocycles. The van der Waals surface area contributed by atoms with E-state index >= 15 is 0 Å². The first kappa shape index (κ1) is 64.7. The summed E-state index contributed by atoms with van der Waals surface area (Å²) >= 11 is 0. The van der Waals surface area contributed by atoms with Gasteiger partial charge in [0.15, 0.2) is 0 Å². The van der Waals surface area contributed by atoms with Crippen molar-refractivity contribution in [3.05, 3.63) is 36.5 Å². The molecule has 0 aromatic heterocycles. The first-order valence-corrected chi connectivity index (χ1v) is 29.8. The summed E-state index contributed by atoms with van der Waals surface area (Å²) in [5.74, 6) is -0.209. The van der Waals surface area contributed by atoms with Gasteiger partial charge in [-0.1, -0.05) is 256 Å². The van der Waals surface area contributed by atoms with Gasteiger partial charge in [-0.05, 0) is 44.9 Å². The summed E-state index contributed by atoms with van der Waals surface area (Å²) in [7, 11) is 1.24. The smallest absolute Gasteiger partial charge is 0.268 e. The van der Waals surface area contributed by atoms with Crippen LogP contribution in [0.4, 0.5) is 0 Å². The largest absolute Gasteiger partial charge is 0.756 e. The zero-order chi connectivity index (χ0) is 48.5. The third-order valence-corrected chi connectivity index (χ3v) is 13.8. The molecule has 0 aromatic carbocycles. The van der Waals surface area contributed by atoms with Crippen molar-refractivity contribution in [2.75, 3.05) is 40.9 Å². The van der Waals surface area contributed by atoms with Gasteiger partial charge in [0.1, 0.15) is 13.2 Å². The fourth-order valence-electron chi connectivity index (χ4n) is 8.36. The molecule has 2 N–H and O–H groups in total. The highest BCUT2D eigenvalue weighted by atomic mass is 31.2. The number of hydrogen-bond acceptors (Lipinski definition) is 6. The van der Waals surface area contributed by atoms with Gasteiger partial charge in [-0.25, -0.2) is 0 Å². The molecule has 0 radical (unpaired) electrons. The van der Waals surface area contributed by atoms with Crippen LogP contribution in [-0.4, -0.2) is 68.5 Å². The molecule has 0 rings (SSSR count). The highest BCUT2D eigenvalue weighted by molar-refractivity contribution is 7.45. The minimum absolute atomic E-state index is 0.00758. The quantitative estimate of drug-likeness (QED) is 0.0272. The molecule has 0 heterocycles. The Kier molecular flexibility index (Phi) is 47.8. The van der Waals surface area contributed by atoms with Crippen LogP contribution in [0.3, 0.4) is 0 Å². The van der Waals surface area contributed by atoms with Gasteiger partial charge in [-0.3, -0.25) is 9.36 Å². The Bertz CT molecular complexity index is 1170. The van der Waals surface area contributed by atoms with Gasteiger partial charge < -0.3 is 28.8 Å². The van der Waals surface area contributed by atoms with E-state index in [9.17, 15) is 19.4 Å². The summed E-state index contributed by atoms with van der Waals surface area (Å²) in [6.07, 6.45) is 62.4. The first-order valence-electron chi connectivity index (χ1n) is 28.4. The molecule has 0 bridgehead atoms. The van der Waals surface area contributed by atoms with E-state index in [0.717, 1.165) is 44.9 Å². The monoisotopic (exact) mass is 951 g/mol. The molecule has 0 fully saturated rings. The normalized spacial score (nSPS) is 14.2. The number of quaternary nitrogens is 1. The topological polar surface area (TPSA) is 108 Å². The average Bonchev–Trinajstić information content (AvgIpc) is 3.28. The Morgan fingerprint density at radius 2 is 0.848 bits per heavy atom. The lowest BCUT2D eigenvalue weighted by atomic mass is 10.0. The third-order valence-electron chi connectivity index (χ3n) is 12.8. The Labute approximate surface area is 410 Å². The second-order valence-electron chi connectivity index (χ2n) is 20.6. The molecule has 3 atom stereocenters. The number of phosphoric ester groups is 1. The zero-order valence-corrected chi connectivity index (χ0v) is 45.3. The molecule has 0 aliphatic carbocycles. The van der Waals surface area contributed by atoms with Gasteiger partial charge in [0.05, 0.1) is 39.9 Å². The number of allylic oxidation sites excluding steroid dienone is 5. The number of aliphatic hydroxyl groups excluding tert-OH is 1. The Morgan fingerprint density at radius 1 is 0.515 bits per heavy atom. The van der Waals surface area contributed by atoms with E-state index in [1.165, 1.54) is 205 Å². The van der Waals surface area contributed by atoms with Crippen LogP contribution >= 0.6 is 7.82 Å². The number of unbranched alkanes of at least 4 members (excludes halogenated alkanes) is 35. The molecule has 1 amide bonds. The predicted octanol–water partition coefficient (Wildman–Crippen LogP) is 16.4. The van der Waals surface area contributed by atoms with Crippen LogP contribution in [0.15, 0.2) is 36.5 Å². The molecule has 0 spiro atoms. The van der Waals surface area contributed by atoms with Crippen LogP contribution < -0.4 is 10.2 Å². The lowest BCUT2D eigenvalue weighted by Crippen LogP contribution is -2.45. The van der Waals surface area contributed by atoms with Crippen molar-refractivity contribution in [3.8, 4) is 0 Å². The average molecular weight is 951 g/mol. The number of rotatable bonds is 52. The van der Waals surface area contributed by atoms with Gasteiger partial charge in [0.2, 0.25) is 5.91 Å². The van der Waals surface area contributed by atoms with Crippen molar-refractivity contribution < 1.29 is 32.9 Å². The Balaban J connectivity index is 4.20. The second-order valence-corrected chi connectivity index (χ2v) is 22.0. The molecule has 390 valence electrons. The number of nitrogens with one attached hydrogen (secondary N) is 1. The zero-order valence-electron chi connectivity index (χ0n) is 44.4. The van der Waals surface area contributed by atoms with Crippen LogP contribution in [0.1, 0.15) is 271 Å². The van der Waals surface area contributed by atoms with Crippen LogP contribution in [0.2, 0.25) is 0 Å². The number of likely N-dealkylation sites (N-methyl/N-ethyl adjacent to an activating group) is 1. The lowest BCUT2D eigenvalue weighted by molar-refractivity contribution is -0.870. The van der Waals surface area contributed by atoms with E-state index < -0.39 is 26.6 Å². The van der Waals surface area contributed by atoms with Crippen LogP contribution in [0.5, 0.6) is 0 Å². The van der Waals surface area contributed by atoms with Crippen molar-refractivity contribution in [1.82, 2.24) is 5.32 Å². The van der Waals surface area contributed by atoms with Crippen molar-refractivity contribution >= 4 is 13.7 Å². The van der Waals surface area contributed by atoms with Crippen molar-refractivity contribution in [2.45, 2.75) is 283 Å². The predicted molar refractivity (Wildman–Crippen MR) is 284 cm³/mol. The molecule has 0 aliphatic rings. The van der Waals surface area contributed by atoms with Crippen molar-refractivity contribution in [2.24, 2.45) is 0 Å². The van der Waals surface area contributed by atoms with Gasteiger partial charge in [0.25, 0.3) is 7.82 Å². The summed E-state index contributed by atoms with van der Waals surface area (Å²) in [5, 5.41) is 13.8. The number of aliphatic hydroxyl groups is 1. The van der Waals surface area contributed by atoms with Gasteiger partial charge in [0, 0.05) is 6.42 Å². The maximum Gasteiger partial charge on any atom is 0.268 e. The molecule has 3 unspecified atom stereocenters. The Hall–Kier alpha value is -1.28. The van der Waals surface area contributed by atoms with E-state index in [1.807, 2.05) is 27.2 Å². The summed E-state index contributed by atoms with van der Waals surface area (Å²) < 4.78 is 23.3. The van der Waals surface area contributed by atoms with E-state index in [2.05, 4.69) is 43.5 Å². The number of hydrogen-bond donors (Lipinski definition) is 2. The number of nitrogens with zero attached hydrogens (tertiary/aromatic N) is 1. The summed E-state index contributed by atoms with van der Waals surface area (Å²) in [4.78, 5) is 25.4. The van der Waals surface area contributed by atoms with Gasteiger partial charge in [-0.15, -0.1) is 0 Å². The summed E-state index contributed by atoms with van der Waals surface area (Å²) in [5.41, 5.74) is 0. The molecule has 0 saturated heterocycles. The SMILES string of the molecule is CCCCCCCCCCCCCCCCCCCCCC/C=C/CC/C=C/CC/C=C/C(O)C(COP(=O)([O-])OCC[N+](C)(C)C)NC(=O)CCCCCCCCCCCCCCCC. The molecule has 8 nitrogen and oxygen atoms in total. The van der Waals surface area contributed by atoms with E-state index in [1.54, 1.807) is 6.08 Å². The Morgan fingerprint density at radius 3 is 1.23 bits per heavy atom. The van der Waals surface area contributed by atoms with E-state index in [0.29, 0.717) is 17.4 Å². The van der Waals surface area contributed by atoms with Gasteiger partial charge >= 0.3 is 0 Å². The molecular weight excluding hydrogens is 840 g/mol. The number of carbonyl (C=O) groups excluding carboxylic acids is 1. The fourth-order valence-corrected chi connectivity index (χ4v) is 9.09. The number of phosphoric acid groups is 1. The summed E-state index contributed by atoms with van der Waals surface area (Å²) in [6, 6.07) is -0.907. The van der Waals surface area contributed by atoms with Crippen LogP contribution in [-0.2, 0) is 18.4 Å². The standard InChI is InChI=1S/C57H111N2O6P/c1-6-8-10-12-14-16-18-20-22-23-24-25-26-27-28-29-30-31-32-33-34-35-36-37-38-40-42-44-46-48-50-56(60)55(54-65-66(62,63)64-53-52-59(3,4)5)58-57(61)51-49-47-45-43-41-39-21-19-17-15-13-11-9-7-2/h35-36,40,42,48,50,55-56,60H,6-34,37-39,41,43-47,49,51-54H2,1-5H3,(H-,58,61,62,63)/b36-35+,42-40+,50-48+. The number of amides is 1. The second kappa shape index (κ2) is 48.7. The molecular formula is C57H111N2O6P. The van der Waals surface area contributed by atoms with Crippen molar-refractivity contribution in [1.29, 1.82) is 0 Å². The van der Waals surface area contributed by atoms with Crippen LogP contribution in [0, 0.1) is 0 Å². The van der Waals surface area contributed by atoms with E-state index in [-0.39, 0.29) is 12.5 Å². The summed E-state index contributed by atoms with van der Waals surface area (Å²) in [6.45, 7) is 4.64. The highest BCUT2D eigenvalue weighted by Crippen LogP contribution is 2.38. The third kappa shape index (κ3) is 50.6. The fraction of sp³-hybridized carbons (Fsp3) is 0.877. The van der Waals surface area contributed by atoms with E-state index in [4.69, 9.17) is 9.05 Å². The molecule has 66 heavy (non-hydrogen) atoms. The first-order chi connectivity index (χ1) is 32.0. The van der Waals surface area contributed by atoms with Crippen molar-refractivity contribution in [3.63, 3.8) is 0 Å². The molecule has 9 heteroatoms. The minimum Gasteiger partial charge on any atom is -0.756 e. The van der Waals surface area contributed by atoms with Gasteiger partial charge in [-0.2, -0.15) is 0 Å². The minimum atomic E-state index is -4.60.